The molecule has 3 nitrogen and oxygen atoms in total. The highest BCUT2D eigenvalue weighted by molar-refractivity contribution is 5.94. The number of amides is 1. The fourth-order valence-corrected chi connectivity index (χ4v) is 2.92. The molecule has 1 aromatic rings. The molecular weight excluding hydrogens is 267 g/mol. The summed E-state index contributed by atoms with van der Waals surface area (Å²) in [5, 5.41) is 3.37. The van der Waals surface area contributed by atoms with Crippen LogP contribution in [0.5, 0.6) is 0 Å². The summed E-state index contributed by atoms with van der Waals surface area (Å²) < 4.78 is 14.2. The van der Waals surface area contributed by atoms with E-state index in [1.165, 1.54) is 0 Å². The van der Waals surface area contributed by atoms with Gasteiger partial charge in [0.15, 0.2) is 0 Å². The van der Waals surface area contributed by atoms with Gasteiger partial charge < -0.3 is 10.2 Å². The Morgan fingerprint density at radius 2 is 2.29 bits per heavy atom. The molecule has 0 aliphatic carbocycles. The lowest BCUT2D eigenvalue weighted by Gasteiger charge is -2.30. The highest BCUT2D eigenvalue weighted by Crippen LogP contribution is 2.17. The summed E-state index contributed by atoms with van der Waals surface area (Å²) in [7, 11) is 0. The number of nitrogens with one attached hydrogen (secondary N) is 1. The summed E-state index contributed by atoms with van der Waals surface area (Å²) in [6.45, 7) is 7.15. The Kier molecular flexibility index (Phi) is 5.74. The maximum atomic E-state index is 14.2. The number of carbonyl (C=O) groups is 1. The van der Waals surface area contributed by atoms with Crippen molar-refractivity contribution in [3.63, 3.8) is 0 Å². The van der Waals surface area contributed by atoms with Crippen molar-refractivity contribution in [1.82, 2.24) is 10.2 Å². The van der Waals surface area contributed by atoms with Gasteiger partial charge in [-0.1, -0.05) is 19.1 Å². The summed E-state index contributed by atoms with van der Waals surface area (Å²) in [6, 6.07) is 5.03. The van der Waals surface area contributed by atoms with Crippen molar-refractivity contribution in [1.29, 1.82) is 0 Å². The van der Waals surface area contributed by atoms with Gasteiger partial charge in [0.1, 0.15) is 5.82 Å². The molecular formula is C17H25FN2O. The van der Waals surface area contributed by atoms with Crippen molar-refractivity contribution < 1.29 is 9.18 Å². The van der Waals surface area contributed by atoms with Crippen molar-refractivity contribution in [2.24, 2.45) is 5.92 Å². The van der Waals surface area contributed by atoms with E-state index in [0.29, 0.717) is 24.6 Å². The highest BCUT2D eigenvalue weighted by atomic mass is 19.1. The standard InChI is InChI=1S/C17H25FN2O/c1-3-10-20(12-14-7-5-9-19-11-14)17(21)15-8-4-6-13(2)16(15)18/h4,6,8,14,19H,3,5,7,9-12H2,1-2H3. The number of benzene rings is 1. The van der Waals surface area contributed by atoms with Gasteiger partial charge >= 0.3 is 0 Å². The Bertz CT molecular complexity index is 484. The van der Waals surface area contributed by atoms with Gasteiger partial charge in [0.2, 0.25) is 0 Å². The van der Waals surface area contributed by atoms with E-state index in [9.17, 15) is 9.18 Å². The molecule has 21 heavy (non-hydrogen) atoms. The summed E-state index contributed by atoms with van der Waals surface area (Å²) in [5.74, 6) is -0.0869. The van der Waals surface area contributed by atoms with Crippen LogP contribution in [0.1, 0.15) is 42.1 Å². The van der Waals surface area contributed by atoms with Gasteiger partial charge in [-0.15, -0.1) is 0 Å². The van der Waals surface area contributed by atoms with E-state index in [2.05, 4.69) is 5.32 Å². The minimum absolute atomic E-state index is 0.177. The number of carbonyl (C=O) groups excluding carboxylic acids is 1. The predicted octanol–water partition coefficient (Wildman–Crippen LogP) is 2.99. The molecule has 1 saturated heterocycles. The lowest BCUT2D eigenvalue weighted by Crippen LogP contribution is -2.41. The molecule has 1 aliphatic heterocycles. The first-order chi connectivity index (χ1) is 10.1. The third kappa shape index (κ3) is 4.03. The van der Waals surface area contributed by atoms with Crippen LogP contribution in [0.2, 0.25) is 0 Å². The van der Waals surface area contributed by atoms with Crippen LogP contribution >= 0.6 is 0 Å². The van der Waals surface area contributed by atoms with Crippen LogP contribution in [0.15, 0.2) is 18.2 Å². The largest absolute Gasteiger partial charge is 0.338 e. The minimum atomic E-state index is -0.384. The number of hydrogen-bond acceptors (Lipinski definition) is 2. The SMILES string of the molecule is CCCN(CC1CCCNC1)C(=O)c1cccc(C)c1F. The fourth-order valence-electron chi connectivity index (χ4n) is 2.92. The highest BCUT2D eigenvalue weighted by Gasteiger charge is 2.23. The minimum Gasteiger partial charge on any atom is -0.338 e. The Morgan fingerprint density at radius 1 is 1.48 bits per heavy atom. The molecule has 0 radical (unpaired) electrons. The second-order valence-corrected chi connectivity index (χ2v) is 5.90. The molecule has 0 bridgehead atoms. The smallest absolute Gasteiger partial charge is 0.256 e. The molecule has 0 saturated carbocycles. The summed E-state index contributed by atoms with van der Waals surface area (Å²) in [6.07, 6.45) is 3.17. The van der Waals surface area contributed by atoms with Crippen molar-refractivity contribution in [2.45, 2.75) is 33.1 Å². The number of halogens is 1. The monoisotopic (exact) mass is 292 g/mol. The quantitative estimate of drug-likeness (QED) is 0.905. The van der Waals surface area contributed by atoms with E-state index in [1.807, 2.05) is 11.8 Å². The Morgan fingerprint density at radius 3 is 2.95 bits per heavy atom. The molecule has 116 valence electrons. The fraction of sp³-hybridized carbons (Fsp3) is 0.588. The average Bonchev–Trinajstić information content (AvgIpc) is 2.50. The maximum Gasteiger partial charge on any atom is 0.256 e. The molecule has 4 heteroatoms. The molecule has 1 heterocycles. The molecule has 1 unspecified atom stereocenters. The number of aryl methyl sites for hydroxylation is 1. The molecule has 1 aromatic carbocycles. The van der Waals surface area contributed by atoms with Gasteiger partial charge in [-0.2, -0.15) is 0 Å². The van der Waals surface area contributed by atoms with Crippen LogP contribution in [0.25, 0.3) is 0 Å². The van der Waals surface area contributed by atoms with Crippen LogP contribution in [0.4, 0.5) is 4.39 Å². The Balaban J connectivity index is 2.12. The third-order valence-corrected chi connectivity index (χ3v) is 4.08. The van der Waals surface area contributed by atoms with Crippen LogP contribution in [0, 0.1) is 18.7 Å². The summed E-state index contributed by atoms with van der Waals surface area (Å²) in [5.41, 5.74) is 0.726. The number of piperidine rings is 1. The predicted molar refractivity (Wildman–Crippen MR) is 82.9 cm³/mol. The van der Waals surface area contributed by atoms with Gasteiger partial charge in [0.25, 0.3) is 5.91 Å². The Hall–Kier alpha value is -1.42. The van der Waals surface area contributed by atoms with Crippen LogP contribution in [-0.2, 0) is 0 Å². The first-order valence-electron chi connectivity index (χ1n) is 7.88. The number of hydrogen-bond donors (Lipinski definition) is 1. The van der Waals surface area contributed by atoms with E-state index in [0.717, 1.165) is 32.4 Å². The zero-order chi connectivity index (χ0) is 15.2. The maximum absolute atomic E-state index is 14.2. The van der Waals surface area contributed by atoms with E-state index in [1.54, 1.807) is 25.1 Å². The topological polar surface area (TPSA) is 32.3 Å². The lowest BCUT2D eigenvalue weighted by atomic mass is 9.98. The first-order valence-corrected chi connectivity index (χ1v) is 7.88. The first kappa shape index (κ1) is 16.0. The third-order valence-electron chi connectivity index (χ3n) is 4.08. The molecule has 1 amide bonds. The van der Waals surface area contributed by atoms with Crippen molar-refractivity contribution >= 4 is 5.91 Å². The van der Waals surface area contributed by atoms with Crippen LogP contribution in [0.3, 0.4) is 0 Å². The molecule has 1 fully saturated rings. The molecule has 2 rings (SSSR count). The van der Waals surface area contributed by atoms with Crippen LogP contribution < -0.4 is 5.32 Å². The van der Waals surface area contributed by atoms with E-state index in [-0.39, 0.29) is 17.3 Å². The Labute approximate surface area is 126 Å². The zero-order valence-electron chi connectivity index (χ0n) is 13.0. The van der Waals surface area contributed by atoms with Crippen molar-refractivity contribution in [2.75, 3.05) is 26.2 Å². The second kappa shape index (κ2) is 7.55. The lowest BCUT2D eigenvalue weighted by molar-refractivity contribution is 0.0714. The second-order valence-electron chi connectivity index (χ2n) is 5.90. The summed E-state index contributed by atoms with van der Waals surface area (Å²) >= 11 is 0. The van der Waals surface area contributed by atoms with Crippen molar-refractivity contribution in [3.8, 4) is 0 Å². The molecule has 1 atom stereocenters. The van der Waals surface area contributed by atoms with Gasteiger partial charge in [-0.25, -0.2) is 4.39 Å². The van der Waals surface area contributed by atoms with Gasteiger partial charge in [-0.3, -0.25) is 4.79 Å². The van der Waals surface area contributed by atoms with Gasteiger partial charge in [0.05, 0.1) is 5.56 Å². The van der Waals surface area contributed by atoms with E-state index in [4.69, 9.17) is 0 Å². The number of nitrogens with zero attached hydrogens (tertiary/aromatic N) is 1. The van der Waals surface area contributed by atoms with Crippen LogP contribution in [-0.4, -0.2) is 37.0 Å². The summed E-state index contributed by atoms with van der Waals surface area (Å²) in [4.78, 5) is 14.5. The van der Waals surface area contributed by atoms with Gasteiger partial charge in [0, 0.05) is 13.1 Å². The number of rotatable bonds is 5. The zero-order valence-corrected chi connectivity index (χ0v) is 13.0. The molecule has 1 N–H and O–H groups in total. The molecule has 1 aliphatic rings. The molecule has 0 aromatic heterocycles. The van der Waals surface area contributed by atoms with Crippen molar-refractivity contribution in [3.05, 3.63) is 35.1 Å². The molecule has 0 spiro atoms. The van der Waals surface area contributed by atoms with E-state index >= 15 is 0 Å². The normalized spacial score (nSPS) is 18.5. The van der Waals surface area contributed by atoms with Gasteiger partial charge in [-0.05, 0) is 56.8 Å². The average molecular weight is 292 g/mol. The van der Waals surface area contributed by atoms with E-state index < -0.39 is 0 Å².